The smallest absolute Gasteiger partial charge is 0.243 e. The maximum atomic E-state index is 13.5. The number of aromatic nitrogens is 3. The van der Waals surface area contributed by atoms with Crippen molar-refractivity contribution < 1.29 is 22.0 Å². The third kappa shape index (κ3) is 5.93. The van der Waals surface area contributed by atoms with E-state index in [1.54, 1.807) is 42.7 Å². The summed E-state index contributed by atoms with van der Waals surface area (Å²) in [5.74, 6) is -2.20. The summed E-state index contributed by atoms with van der Waals surface area (Å²) in [5, 5.41) is 11.5. The van der Waals surface area contributed by atoms with Crippen molar-refractivity contribution in [2.75, 3.05) is 24.2 Å². The van der Waals surface area contributed by atoms with Crippen LogP contribution in [0.3, 0.4) is 0 Å². The third-order valence-corrected chi connectivity index (χ3v) is 8.59. The van der Waals surface area contributed by atoms with Gasteiger partial charge in [-0.15, -0.1) is 10.2 Å². The molecule has 1 aromatic heterocycles. The van der Waals surface area contributed by atoms with Crippen LogP contribution in [0.2, 0.25) is 0 Å². The van der Waals surface area contributed by atoms with Crippen molar-refractivity contribution in [2.24, 2.45) is 0 Å². The molecule has 4 rings (SSSR count). The number of halogens is 2. The predicted molar refractivity (Wildman–Crippen MR) is 143 cm³/mol. The van der Waals surface area contributed by atoms with Gasteiger partial charge in [0.1, 0.15) is 0 Å². The van der Waals surface area contributed by atoms with Gasteiger partial charge in [0.25, 0.3) is 0 Å². The molecule has 0 saturated carbocycles. The van der Waals surface area contributed by atoms with Gasteiger partial charge in [0, 0.05) is 36.1 Å². The number of carbonyl (C=O) groups is 1. The number of anilines is 1. The normalized spacial score (nSPS) is 11.6. The Bertz CT molecular complexity index is 1540. The molecule has 198 valence electrons. The van der Waals surface area contributed by atoms with Crippen LogP contribution in [0.1, 0.15) is 13.8 Å². The van der Waals surface area contributed by atoms with Gasteiger partial charge in [0.15, 0.2) is 22.6 Å². The minimum atomic E-state index is -3.69. The van der Waals surface area contributed by atoms with Gasteiger partial charge in [-0.05, 0) is 36.4 Å². The second-order valence-corrected chi connectivity index (χ2v) is 10.9. The molecular weight excluding hydrogens is 532 g/mol. The molecule has 0 atom stereocenters. The van der Waals surface area contributed by atoms with Crippen molar-refractivity contribution in [1.29, 1.82) is 0 Å². The minimum absolute atomic E-state index is 0.0830. The highest BCUT2D eigenvalue weighted by Crippen LogP contribution is 2.30. The number of nitrogens with one attached hydrogen (secondary N) is 1. The summed E-state index contributed by atoms with van der Waals surface area (Å²) in [4.78, 5) is 12.6. The third-order valence-electron chi connectivity index (χ3n) is 5.62. The van der Waals surface area contributed by atoms with Crippen LogP contribution in [0.15, 0.2) is 82.8 Å². The van der Waals surface area contributed by atoms with Crippen LogP contribution in [-0.4, -0.2) is 52.2 Å². The molecule has 0 saturated heterocycles. The van der Waals surface area contributed by atoms with Crippen LogP contribution < -0.4 is 5.32 Å². The number of nitrogens with zero attached hydrogens (tertiary/aromatic N) is 4. The second kappa shape index (κ2) is 11.8. The SMILES string of the molecule is CCN(CC)S(=O)(=O)c1cccc(-c2nnc(SCC(=O)Nc3ccc(F)c(F)c3)n2-c2ccccc2)c1. The maximum absolute atomic E-state index is 13.5. The zero-order chi connectivity index (χ0) is 27.3. The largest absolute Gasteiger partial charge is 0.325 e. The van der Waals surface area contributed by atoms with E-state index in [4.69, 9.17) is 0 Å². The van der Waals surface area contributed by atoms with Gasteiger partial charge in [0.05, 0.1) is 10.6 Å². The first kappa shape index (κ1) is 27.4. The number of sulfonamides is 1. The van der Waals surface area contributed by atoms with Crippen molar-refractivity contribution in [3.05, 3.63) is 84.4 Å². The fourth-order valence-corrected chi connectivity index (χ4v) is 6.03. The molecule has 0 bridgehead atoms. The highest BCUT2D eigenvalue weighted by molar-refractivity contribution is 7.99. The van der Waals surface area contributed by atoms with Crippen molar-refractivity contribution in [3.8, 4) is 17.1 Å². The molecule has 0 radical (unpaired) electrons. The fourth-order valence-electron chi connectivity index (χ4n) is 3.77. The first-order chi connectivity index (χ1) is 18.2. The van der Waals surface area contributed by atoms with Crippen LogP contribution in [-0.2, 0) is 14.8 Å². The van der Waals surface area contributed by atoms with E-state index in [0.29, 0.717) is 35.3 Å². The Morgan fingerprint density at radius 3 is 2.37 bits per heavy atom. The highest BCUT2D eigenvalue weighted by atomic mass is 32.2. The van der Waals surface area contributed by atoms with E-state index in [2.05, 4.69) is 15.5 Å². The van der Waals surface area contributed by atoms with E-state index in [1.165, 1.54) is 10.4 Å². The van der Waals surface area contributed by atoms with E-state index in [1.807, 2.05) is 30.3 Å². The Morgan fingerprint density at radius 2 is 1.68 bits per heavy atom. The Hall–Kier alpha value is -3.61. The van der Waals surface area contributed by atoms with Crippen LogP contribution in [0, 0.1) is 11.6 Å². The molecule has 0 aliphatic carbocycles. The first-order valence-electron chi connectivity index (χ1n) is 11.7. The zero-order valence-corrected chi connectivity index (χ0v) is 22.3. The van der Waals surface area contributed by atoms with Gasteiger partial charge < -0.3 is 5.32 Å². The Labute approximate surface area is 223 Å². The standard InChI is InChI=1S/C26H25F2N5O3S2/c1-3-32(4-2)38(35,36)21-12-8-9-18(15-21)25-30-31-26(33(25)20-10-6-5-7-11-20)37-17-24(34)29-19-13-14-22(27)23(28)16-19/h5-16H,3-4,17H2,1-2H3,(H,29,34). The van der Waals surface area contributed by atoms with E-state index in [-0.39, 0.29) is 16.3 Å². The molecule has 0 fully saturated rings. The lowest BCUT2D eigenvalue weighted by Crippen LogP contribution is -2.30. The average Bonchev–Trinajstić information content (AvgIpc) is 3.35. The number of amides is 1. The van der Waals surface area contributed by atoms with Crippen molar-refractivity contribution >= 4 is 33.4 Å². The fraction of sp³-hybridized carbons (Fsp3) is 0.192. The van der Waals surface area contributed by atoms with E-state index >= 15 is 0 Å². The molecule has 1 N–H and O–H groups in total. The molecule has 0 aliphatic heterocycles. The Kier molecular flexibility index (Phi) is 8.55. The first-order valence-corrected chi connectivity index (χ1v) is 14.2. The number of rotatable bonds is 10. The summed E-state index contributed by atoms with van der Waals surface area (Å²) in [6, 6.07) is 18.8. The molecule has 0 unspecified atom stereocenters. The lowest BCUT2D eigenvalue weighted by atomic mass is 10.2. The molecule has 1 heterocycles. The highest BCUT2D eigenvalue weighted by Gasteiger charge is 2.24. The monoisotopic (exact) mass is 557 g/mol. The van der Waals surface area contributed by atoms with Crippen LogP contribution in [0.25, 0.3) is 17.1 Å². The van der Waals surface area contributed by atoms with Gasteiger partial charge in [0.2, 0.25) is 15.9 Å². The van der Waals surface area contributed by atoms with E-state index in [9.17, 15) is 22.0 Å². The van der Waals surface area contributed by atoms with Gasteiger partial charge >= 0.3 is 0 Å². The lowest BCUT2D eigenvalue weighted by molar-refractivity contribution is -0.113. The number of carbonyl (C=O) groups excluding carboxylic acids is 1. The zero-order valence-electron chi connectivity index (χ0n) is 20.6. The molecule has 38 heavy (non-hydrogen) atoms. The topological polar surface area (TPSA) is 97.2 Å². The molecular formula is C26H25F2N5O3S2. The second-order valence-electron chi connectivity index (χ2n) is 8.06. The van der Waals surface area contributed by atoms with Crippen LogP contribution in [0.5, 0.6) is 0 Å². The Balaban J connectivity index is 1.65. The predicted octanol–water partition coefficient (Wildman–Crippen LogP) is 4.97. The minimum Gasteiger partial charge on any atom is -0.325 e. The molecule has 4 aromatic rings. The summed E-state index contributed by atoms with van der Waals surface area (Å²) in [6.07, 6.45) is 0. The quantitative estimate of drug-likeness (QED) is 0.277. The van der Waals surface area contributed by atoms with Crippen molar-refractivity contribution in [2.45, 2.75) is 23.9 Å². The van der Waals surface area contributed by atoms with Gasteiger partial charge in [-0.1, -0.05) is 55.9 Å². The average molecular weight is 558 g/mol. The number of hydrogen-bond acceptors (Lipinski definition) is 6. The van der Waals surface area contributed by atoms with Crippen molar-refractivity contribution in [1.82, 2.24) is 19.1 Å². The van der Waals surface area contributed by atoms with Gasteiger partial charge in [-0.25, -0.2) is 17.2 Å². The van der Waals surface area contributed by atoms with Crippen molar-refractivity contribution in [3.63, 3.8) is 0 Å². The molecule has 0 aliphatic rings. The van der Waals surface area contributed by atoms with Crippen LogP contribution in [0.4, 0.5) is 14.5 Å². The Morgan fingerprint density at radius 1 is 0.947 bits per heavy atom. The molecule has 0 spiro atoms. The van der Waals surface area contributed by atoms with E-state index < -0.39 is 27.6 Å². The molecule has 8 nitrogen and oxygen atoms in total. The number of para-hydroxylation sites is 1. The van der Waals surface area contributed by atoms with Gasteiger partial charge in [-0.3, -0.25) is 9.36 Å². The summed E-state index contributed by atoms with van der Waals surface area (Å²) < 4.78 is 56.0. The number of benzene rings is 3. The molecule has 12 heteroatoms. The molecule has 1 amide bonds. The summed E-state index contributed by atoms with van der Waals surface area (Å²) in [7, 11) is -3.69. The summed E-state index contributed by atoms with van der Waals surface area (Å²) in [5.41, 5.74) is 1.38. The summed E-state index contributed by atoms with van der Waals surface area (Å²) in [6.45, 7) is 4.25. The summed E-state index contributed by atoms with van der Waals surface area (Å²) >= 11 is 1.10. The number of hydrogen-bond donors (Lipinski definition) is 1. The van der Waals surface area contributed by atoms with Crippen LogP contribution >= 0.6 is 11.8 Å². The van der Waals surface area contributed by atoms with E-state index in [0.717, 1.165) is 23.9 Å². The maximum Gasteiger partial charge on any atom is 0.243 e. The van der Waals surface area contributed by atoms with Gasteiger partial charge in [-0.2, -0.15) is 4.31 Å². The number of thioether (sulfide) groups is 1. The lowest BCUT2D eigenvalue weighted by Gasteiger charge is -2.19. The molecule has 3 aromatic carbocycles.